The summed E-state index contributed by atoms with van der Waals surface area (Å²) in [6, 6.07) is 8.19. The molecule has 6 nitrogen and oxygen atoms in total. The van der Waals surface area contributed by atoms with Gasteiger partial charge in [-0.15, -0.1) is 0 Å². The molecular formula is C18H16F3N5O. The molecule has 0 fully saturated rings. The van der Waals surface area contributed by atoms with E-state index >= 15 is 0 Å². The molecule has 0 radical (unpaired) electrons. The Labute approximate surface area is 152 Å². The summed E-state index contributed by atoms with van der Waals surface area (Å²) in [4.78, 5) is 16.0. The molecule has 2 aromatic carbocycles. The lowest BCUT2D eigenvalue weighted by Gasteiger charge is -2.07. The highest BCUT2D eigenvalue weighted by molar-refractivity contribution is 5.89. The second-order valence-corrected chi connectivity index (χ2v) is 5.76. The minimum atomic E-state index is -0.731. The fraction of sp³-hybridized carbons (Fsp3) is 0.167. The number of anilines is 1. The van der Waals surface area contributed by atoms with Crippen molar-refractivity contribution in [1.82, 2.24) is 20.5 Å². The first kappa shape index (κ1) is 18.4. The van der Waals surface area contributed by atoms with Crippen LogP contribution in [0.3, 0.4) is 0 Å². The molecule has 0 aliphatic carbocycles. The number of amides is 2. The van der Waals surface area contributed by atoms with Crippen LogP contribution in [0.25, 0.3) is 0 Å². The molecule has 0 aliphatic heterocycles. The summed E-state index contributed by atoms with van der Waals surface area (Å²) in [6.07, 6.45) is 0.818. The molecule has 0 spiro atoms. The van der Waals surface area contributed by atoms with E-state index in [0.717, 1.165) is 23.8 Å². The van der Waals surface area contributed by atoms with Gasteiger partial charge in [0.05, 0.1) is 5.69 Å². The lowest BCUT2D eigenvalue weighted by molar-refractivity contribution is 0.252. The van der Waals surface area contributed by atoms with E-state index in [-0.39, 0.29) is 18.0 Å². The Morgan fingerprint density at radius 3 is 2.56 bits per heavy atom. The predicted molar refractivity (Wildman–Crippen MR) is 92.7 cm³/mol. The van der Waals surface area contributed by atoms with E-state index in [1.54, 1.807) is 12.1 Å². The summed E-state index contributed by atoms with van der Waals surface area (Å²) in [5.74, 6) is -0.584. The van der Waals surface area contributed by atoms with Crippen LogP contribution >= 0.6 is 0 Å². The number of aromatic nitrogens is 3. The highest BCUT2D eigenvalue weighted by Crippen LogP contribution is 2.14. The van der Waals surface area contributed by atoms with Gasteiger partial charge >= 0.3 is 6.03 Å². The van der Waals surface area contributed by atoms with Gasteiger partial charge in [0, 0.05) is 25.5 Å². The molecule has 0 unspecified atom stereocenters. The molecule has 27 heavy (non-hydrogen) atoms. The monoisotopic (exact) mass is 375 g/mol. The third kappa shape index (κ3) is 5.30. The first-order chi connectivity index (χ1) is 13.0. The van der Waals surface area contributed by atoms with Crippen LogP contribution in [0.4, 0.5) is 23.7 Å². The third-order valence-corrected chi connectivity index (χ3v) is 3.67. The second-order valence-electron chi connectivity index (χ2n) is 5.76. The van der Waals surface area contributed by atoms with E-state index in [2.05, 4.69) is 25.8 Å². The second kappa shape index (κ2) is 8.35. The zero-order chi connectivity index (χ0) is 19.2. The summed E-state index contributed by atoms with van der Waals surface area (Å²) in [5, 5.41) is 11.6. The Bertz CT molecular complexity index is 927. The maximum atomic E-state index is 13.5. The minimum Gasteiger partial charge on any atom is -0.337 e. The Balaban J connectivity index is 1.46. The van der Waals surface area contributed by atoms with E-state index in [4.69, 9.17) is 0 Å². The van der Waals surface area contributed by atoms with Crippen molar-refractivity contribution in [2.75, 3.05) is 11.9 Å². The number of hydrogen-bond donors (Lipinski definition) is 3. The van der Waals surface area contributed by atoms with Crippen molar-refractivity contribution in [2.45, 2.75) is 12.8 Å². The highest BCUT2D eigenvalue weighted by atomic mass is 19.1. The van der Waals surface area contributed by atoms with E-state index in [1.165, 1.54) is 12.1 Å². The molecule has 0 bridgehead atoms. The summed E-state index contributed by atoms with van der Waals surface area (Å²) in [7, 11) is 0. The number of H-pyrrole nitrogens is 1. The van der Waals surface area contributed by atoms with Crippen molar-refractivity contribution >= 4 is 11.7 Å². The number of nitrogens with one attached hydrogen (secondary N) is 3. The summed E-state index contributed by atoms with van der Waals surface area (Å²) >= 11 is 0. The molecule has 1 heterocycles. The first-order valence-electron chi connectivity index (χ1n) is 8.14. The van der Waals surface area contributed by atoms with Gasteiger partial charge in [-0.1, -0.05) is 12.1 Å². The van der Waals surface area contributed by atoms with Crippen molar-refractivity contribution in [3.8, 4) is 0 Å². The number of aromatic amines is 1. The van der Waals surface area contributed by atoms with Gasteiger partial charge in [0.2, 0.25) is 0 Å². The standard InChI is InChI=1S/C18H16F3N5O/c19-12-3-1-11(2-4-12)9-17-24-16(25-26-17)7-8-22-18(27)23-15-10-13(20)5-6-14(15)21/h1-6,10H,7-9H2,(H2,22,23,27)(H,24,25,26). The van der Waals surface area contributed by atoms with Crippen LogP contribution in [-0.2, 0) is 12.8 Å². The molecule has 1 aromatic heterocycles. The maximum absolute atomic E-state index is 13.5. The number of carbonyl (C=O) groups is 1. The lowest BCUT2D eigenvalue weighted by atomic mass is 10.1. The third-order valence-electron chi connectivity index (χ3n) is 3.67. The molecule has 2 amide bonds. The molecule has 0 saturated heterocycles. The van der Waals surface area contributed by atoms with E-state index < -0.39 is 17.7 Å². The molecule has 0 aliphatic rings. The average molecular weight is 375 g/mol. The van der Waals surface area contributed by atoms with Crippen LogP contribution in [0.15, 0.2) is 42.5 Å². The first-order valence-corrected chi connectivity index (χ1v) is 8.14. The zero-order valence-electron chi connectivity index (χ0n) is 14.1. The Hall–Kier alpha value is -3.36. The topological polar surface area (TPSA) is 82.7 Å². The van der Waals surface area contributed by atoms with Crippen molar-refractivity contribution in [2.24, 2.45) is 0 Å². The van der Waals surface area contributed by atoms with Gasteiger partial charge in [-0.05, 0) is 29.8 Å². The van der Waals surface area contributed by atoms with Crippen molar-refractivity contribution < 1.29 is 18.0 Å². The largest absolute Gasteiger partial charge is 0.337 e. The normalized spacial score (nSPS) is 10.6. The highest BCUT2D eigenvalue weighted by Gasteiger charge is 2.09. The van der Waals surface area contributed by atoms with Gasteiger partial charge in [-0.3, -0.25) is 5.10 Å². The van der Waals surface area contributed by atoms with Gasteiger partial charge in [0.25, 0.3) is 0 Å². The number of carbonyl (C=O) groups excluding carboxylic acids is 1. The fourth-order valence-corrected chi connectivity index (χ4v) is 2.37. The van der Waals surface area contributed by atoms with E-state index in [9.17, 15) is 18.0 Å². The molecule has 0 saturated carbocycles. The van der Waals surface area contributed by atoms with Crippen LogP contribution in [0.5, 0.6) is 0 Å². The van der Waals surface area contributed by atoms with Crippen LogP contribution in [-0.4, -0.2) is 27.8 Å². The summed E-state index contributed by atoms with van der Waals surface area (Å²) < 4.78 is 39.4. The molecule has 3 rings (SSSR count). The average Bonchev–Trinajstić information content (AvgIpc) is 3.07. The molecule has 3 N–H and O–H groups in total. The predicted octanol–water partition coefficient (Wildman–Crippen LogP) is 3.18. The van der Waals surface area contributed by atoms with Gasteiger partial charge in [-0.25, -0.2) is 22.9 Å². The van der Waals surface area contributed by atoms with E-state index in [1.807, 2.05) is 0 Å². The minimum absolute atomic E-state index is 0.205. The Morgan fingerprint density at radius 2 is 1.78 bits per heavy atom. The molecule has 3 aromatic rings. The number of benzene rings is 2. The van der Waals surface area contributed by atoms with Gasteiger partial charge in [0.15, 0.2) is 5.82 Å². The molecule has 140 valence electrons. The van der Waals surface area contributed by atoms with Gasteiger partial charge in [-0.2, -0.15) is 5.10 Å². The molecular weight excluding hydrogens is 359 g/mol. The number of nitrogens with zero attached hydrogens (tertiary/aromatic N) is 2. The zero-order valence-corrected chi connectivity index (χ0v) is 14.1. The quantitative estimate of drug-likeness (QED) is 0.619. The smallest absolute Gasteiger partial charge is 0.319 e. The van der Waals surface area contributed by atoms with Crippen molar-refractivity contribution in [3.63, 3.8) is 0 Å². The van der Waals surface area contributed by atoms with Crippen LogP contribution in [0.1, 0.15) is 17.2 Å². The lowest BCUT2D eigenvalue weighted by Crippen LogP contribution is -2.31. The number of urea groups is 1. The number of hydrogen-bond acceptors (Lipinski definition) is 3. The number of rotatable bonds is 6. The molecule has 9 heteroatoms. The Morgan fingerprint density at radius 1 is 1.04 bits per heavy atom. The van der Waals surface area contributed by atoms with Gasteiger partial charge in [0.1, 0.15) is 23.3 Å². The molecule has 0 atom stereocenters. The van der Waals surface area contributed by atoms with Crippen LogP contribution < -0.4 is 10.6 Å². The van der Waals surface area contributed by atoms with Crippen LogP contribution in [0, 0.1) is 17.5 Å². The SMILES string of the molecule is O=C(NCCc1n[nH]c(Cc2ccc(F)cc2)n1)Nc1cc(F)ccc1F. The van der Waals surface area contributed by atoms with Crippen LogP contribution in [0.2, 0.25) is 0 Å². The maximum Gasteiger partial charge on any atom is 0.319 e. The summed E-state index contributed by atoms with van der Waals surface area (Å²) in [5.41, 5.74) is 0.640. The fourth-order valence-electron chi connectivity index (χ4n) is 2.37. The number of halogens is 3. The van der Waals surface area contributed by atoms with Crippen molar-refractivity contribution in [1.29, 1.82) is 0 Å². The van der Waals surface area contributed by atoms with Crippen molar-refractivity contribution in [3.05, 3.63) is 77.1 Å². The Kier molecular flexibility index (Phi) is 5.70. The van der Waals surface area contributed by atoms with E-state index in [0.29, 0.717) is 24.5 Å². The summed E-state index contributed by atoms with van der Waals surface area (Å²) in [6.45, 7) is 0.205. The van der Waals surface area contributed by atoms with Gasteiger partial charge < -0.3 is 10.6 Å².